The lowest BCUT2D eigenvalue weighted by atomic mass is 9.96. The maximum absolute atomic E-state index is 13.4. The standard InChI is InChI=1S/C15H19FN2O/c1-11(2)13(10-17)15(19)18(3)9-8-12-6-4-5-7-14(12)16/h4-7,11,13H,8-9H2,1-3H3. The van der Waals surface area contributed by atoms with Crippen molar-refractivity contribution in [2.24, 2.45) is 11.8 Å². The van der Waals surface area contributed by atoms with Crippen LogP contribution in [-0.2, 0) is 11.2 Å². The molecule has 4 heteroatoms. The van der Waals surface area contributed by atoms with Crippen molar-refractivity contribution in [1.29, 1.82) is 5.26 Å². The quantitative estimate of drug-likeness (QED) is 0.818. The van der Waals surface area contributed by atoms with Gasteiger partial charge in [0.05, 0.1) is 6.07 Å². The fourth-order valence-electron chi connectivity index (χ4n) is 1.83. The second kappa shape index (κ2) is 6.89. The normalized spacial score (nSPS) is 12.0. The molecule has 1 atom stereocenters. The van der Waals surface area contributed by atoms with Gasteiger partial charge in [-0.2, -0.15) is 5.26 Å². The van der Waals surface area contributed by atoms with E-state index in [1.807, 2.05) is 19.9 Å². The molecule has 1 unspecified atom stereocenters. The number of halogens is 1. The first-order valence-electron chi connectivity index (χ1n) is 6.35. The summed E-state index contributed by atoms with van der Waals surface area (Å²) in [7, 11) is 1.65. The summed E-state index contributed by atoms with van der Waals surface area (Å²) < 4.78 is 13.4. The largest absolute Gasteiger partial charge is 0.344 e. The number of nitriles is 1. The number of hydrogen-bond donors (Lipinski definition) is 0. The Bertz CT molecular complexity index is 479. The van der Waals surface area contributed by atoms with E-state index in [1.54, 1.807) is 25.2 Å². The summed E-state index contributed by atoms with van der Waals surface area (Å²) in [6.45, 7) is 4.09. The van der Waals surface area contributed by atoms with Crippen LogP contribution >= 0.6 is 0 Å². The van der Waals surface area contributed by atoms with Crippen LogP contribution < -0.4 is 0 Å². The molecule has 0 radical (unpaired) electrons. The zero-order valence-electron chi connectivity index (χ0n) is 11.6. The number of hydrogen-bond acceptors (Lipinski definition) is 2. The third-order valence-electron chi connectivity index (χ3n) is 3.12. The van der Waals surface area contributed by atoms with Gasteiger partial charge in [-0.1, -0.05) is 32.0 Å². The molecule has 0 aliphatic carbocycles. The van der Waals surface area contributed by atoms with Crippen molar-refractivity contribution in [3.05, 3.63) is 35.6 Å². The third kappa shape index (κ3) is 4.06. The van der Waals surface area contributed by atoms with Crippen LogP contribution in [0.5, 0.6) is 0 Å². The van der Waals surface area contributed by atoms with E-state index in [4.69, 9.17) is 5.26 Å². The predicted molar refractivity (Wildman–Crippen MR) is 71.7 cm³/mol. The fourth-order valence-corrected chi connectivity index (χ4v) is 1.83. The van der Waals surface area contributed by atoms with Gasteiger partial charge in [0.2, 0.25) is 5.91 Å². The van der Waals surface area contributed by atoms with Gasteiger partial charge in [0, 0.05) is 13.6 Å². The molecule has 3 nitrogen and oxygen atoms in total. The monoisotopic (exact) mass is 262 g/mol. The first kappa shape index (κ1) is 15.2. The van der Waals surface area contributed by atoms with Crippen molar-refractivity contribution in [3.8, 4) is 6.07 Å². The Hall–Kier alpha value is -1.89. The molecule has 102 valence electrons. The molecule has 1 amide bonds. The van der Waals surface area contributed by atoms with Crippen LogP contribution in [0.4, 0.5) is 4.39 Å². The van der Waals surface area contributed by atoms with Crippen LogP contribution in [0.2, 0.25) is 0 Å². The minimum Gasteiger partial charge on any atom is -0.344 e. The minimum absolute atomic E-state index is 0.0200. The fraction of sp³-hybridized carbons (Fsp3) is 0.467. The van der Waals surface area contributed by atoms with Crippen LogP contribution in [-0.4, -0.2) is 24.4 Å². The molecule has 1 aromatic carbocycles. The zero-order chi connectivity index (χ0) is 14.4. The van der Waals surface area contributed by atoms with Crippen molar-refractivity contribution in [3.63, 3.8) is 0 Å². The molecule has 0 spiro atoms. The number of nitrogens with zero attached hydrogens (tertiary/aromatic N) is 2. The summed E-state index contributed by atoms with van der Waals surface area (Å²) in [5.74, 6) is -1.11. The Morgan fingerprint density at radius 2 is 2.05 bits per heavy atom. The highest BCUT2D eigenvalue weighted by Gasteiger charge is 2.24. The molecule has 0 saturated carbocycles. The highest BCUT2D eigenvalue weighted by molar-refractivity contribution is 5.81. The Morgan fingerprint density at radius 1 is 1.42 bits per heavy atom. The van der Waals surface area contributed by atoms with E-state index in [0.29, 0.717) is 18.5 Å². The lowest BCUT2D eigenvalue weighted by Gasteiger charge is -2.22. The molecule has 1 aromatic rings. The molecular formula is C15H19FN2O. The molecule has 0 saturated heterocycles. The average Bonchev–Trinajstić information content (AvgIpc) is 2.37. The lowest BCUT2D eigenvalue weighted by Crippen LogP contribution is -2.36. The van der Waals surface area contributed by atoms with E-state index >= 15 is 0 Å². The highest BCUT2D eigenvalue weighted by Crippen LogP contribution is 2.13. The first-order chi connectivity index (χ1) is 8.97. The number of carbonyl (C=O) groups excluding carboxylic acids is 1. The molecule has 0 bridgehead atoms. The Kier molecular flexibility index (Phi) is 5.50. The van der Waals surface area contributed by atoms with Crippen LogP contribution in [0.25, 0.3) is 0 Å². The van der Waals surface area contributed by atoms with Crippen molar-refractivity contribution in [2.75, 3.05) is 13.6 Å². The topological polar surface area (TPSA) is 44.1 Å². The van der Waals surface area contributed by atoms with Crippen molar-refractivity contribution in [2.45, 2.75) is 20.3 Å². The second-order valence-electron chi connectivity index (χ2n) is 4.95. The van der Waals surface area contributed by atoms with E-state index in [-0.39, 0.29) is 17.6 Å². The Balaban J connectivity index is 2.61. The minimum atomic E-state index is -0.634. The average molecular weight is 262 g/mol. The molecular weight excluding hydrogens is 243 g/mol. The summed E-state index contributed by atoms with van der Waals surface area (Å²) in [5.41, 5.74) is 0.584. The SMILES string of the molecule is CC(C)C(C#N)C(=O)N(C)CCc1ccccc1F. The van der Waals surface area contributed by atoms with Crippen LogP contribution in [0.15, 0.2) is 24.3 Å². The van der Waals surface area contributed by atoms with Gasteiger partial charge in [-0.15, -0.1) is 0 Å². The molecule has 0 fully saturated rings. The van der Waals surface area contributed by atoms with E-state index in [0.717, 1.165) is 0 Å². The molecule has 0 aromatic heterocycles. The van der Waals surface area contributed by atoms with Gasteiger partial charge in [-0.3, -0.25) is 4.79 Å². The van der Waals surface area contributed by atoms with E-state index < -0.39 is 5.92 Å². The summed E-state index contributed by atoms with van der Waals surface area (Å²) in [6.07, 6.45) is 0.450. The summed E-state index contributed by atoms with van der Waals surface area (Å²) in [5, 5.41) is 8.99. The van der Waals surface area contributed by atoms with E-state index in [2.05, 4.69) is 0 Å². The van der Waals surface area contributed by atoms with E-state index in [1.165, 1.54) is 11.0 Å². The summed E-state index contributed by atoms with van der Waals surface area (Å²) >= 11 is 0. The predicted octanol–water partition coefficient (Wildman–Crippen LogP) is 2.62. The van der Waals surface area contributed by atoms with Crippen LogP contribution in [0, 0.1) is 29.0 Å². The lowest BCUT2D eigenvalue weighted by molar-refractivity contribution is -0.133. The van der Waals surface area contributed by atoms with Gasteiger partial charge in [-0.25, -0.2) is 4.39 Å². The van der Waals surface area contributed by atoms with Gasteiger partial charge < -0.3 is 4.90 Å². The molecule has 0 aliphatic rings. The van der Waals surface area contributed by atoms with Crippen molar-refractivity contribution >= 4 is 5.91 Å². The Morgan fingerprint density at radius 3 is 2.58 bits per heavy atom. The smallest absolute Gasteiger partial charge is 0.239 e. The number of amides is 1. The molecule has 19 heavy (non-hydrogen) atoms. The van der Waals surface area contributed by atoms with Gasteiger partial charge >= 0.3 is 0 Å². The van der Waals surface area contributed by atoms with Gasteiger partial charge in [0.15, 0.2) is 0 Å². The number of rotatable bonds is 5. The zero-order valence-corrected chi connectivity index (χ0v) is 11.6. The Labute approximate surface area is 113 Å². The molecule has 1 rings (SSSR count). The second-order valence-corrected chi connectivity index (χ2v) is 4.95. The van der Waals surface area contributed by atoms with Gasteiger partial charge in [0.25, 0.3) is 0 Å². The van der Waals surface area contributed by atoms with Crippen molar-refractivity contribution in [1.82, 2.24) is 4.90 Å². The third-order valence-corrected chi connectivity index (χ3v) is 3.12. The number of carbonyl (C=O) groups is 1. The maximum Gasteiger partial charge on any atom is 0.239 e. The van der Waals surface area contributed by atoms with Crippen LogP contribution in [0.1, 0.15) is 19.4 Å². The first-order valence-corrected chi connectivity index (χ1v) is 6.35. The van der Waals surface area contributed by atoms with Gasteiger partial charge in [-0.05, 0) is 24.0 Å². The number of benzene rings is 1. The van der Waals surface area contributed by atoms with E-state index in [9.17, 15) is 9.18 Å². The van der Waals surface area contributed by atoms with Crippen LogP contribution in [0.3, 0.4) is 0 Å². The molecule has 0 heterocycles. The maximum atomic E-state index is 13.4. The van der Waals surface area contributed by atoms with Crippen molar-refractivity contribution < 1.29 is 9.18 Å². The molecule has 0 aliphatic heterocycles. The van der Waals surface area contributed by atoms with Gasteiger partial charge in [0.1, 0.15) is 11.7 Å². The molecule has 0 N–H and O–H groups in total. The summed E-state index contributed by atoms with van der Waals surface area (Å²) in [6, 6.07) is 8.55. The number of likely N-dealkylation sites (N-methyl/N-ethyl adjacent to an activating group) is 1. The highest BCUT2D eigenvalue weighted by atomic mass is 19.1. The summed E-state index contributed by atoms with van der Waals surface area (Å²) in [4.78, 5) is 13.5.